The summed E-state index contributed by atoms with van der Waals surface area (Å²) in [5, 5.41) is 14.7. The maximum Gasteiger partial charge on any atom is 0.336 e. The molecule has 1 aliphatic heterocycles. The van der Waals surface area contributed by atoms with Crippen LogP contribution in [0.3, 0.4) is 0 Å². The van der Waals surface area contributed by atoms with Gasteiger partial charge in [-0.25, -0.2) is 4.79 Å². The van der Waals surface area contributed by atoms with Gasteiger partial charge in [0.2, 0.25) is 0 Å². The van der Waals surface area contributed by atoms with Gasteiger partial charge in [0.1, 0.15) is 0 Å². The Labute approximate surface area is 127 Å². The Kier molecular flexibility index (Phi) is 4.53. The molecule has 0 radical (unpaired) electrons. The van der Waals surface area contributed by atoms with E-state index in [0.29, 0.717) is 28.5 Å². The van der Waals surface area contributed by atoms with Crippen LogP contribution < -0.4 is 5.32 Å². The quantitative estimate of drug-likeness (QED) is 0.666. The van der Waals surface area contributed by atoms with E-state index in [2.05, 4.69) is 24.0 Å². The average Bonchev–Trinajstić information content (AvgIpc) is 2.91. The first-order valence-electron chi connectivity index (χ1n) is 6.11. The number of hydrogen-bond acceptors (Lipinski definition) is 6. The second-order valence-electron chi connectivity index (χ2n) is 4.21. The third-order valence-corrected chi connectivity index (χ3v) is 4.28. The molecule has 0 aromatic carbocycles. The third kappa shape index (κ3) is 2.60. The van der Waals surface area contributed by atoms with E-state index in [4.69, 9.17) is 4.74 Å². The molecule has 0 saturated carbocycles. The van der Waals surface area contributed by atoms with Gasteiger partial charge in [-0.05, 0) is 25.3 Å². The predicted molar refractivity (Wildman–Crippen MR) is 81.2 cm³/mol. The van der Waals surface area contributed by atoms with Crippen LogP contribution in [0.2, 0.25) is 0 Å². The molecule has 0 bridgehead atoms. The number of nitriles is 1. The van der Waals surface area contributed by atoms with E-state index in [1.165, 1.54) is 11.3 Å². The van der Waals surface area contributed by atoms with Crippen molar-refractivity contribution in [1.82, 2.24) is 5.32 Å². The number of hydrogen-bond donors (Lipinski definition) is 2. The molecule has 0 unspecified atom stereocenters. The maximum absolute atomic E-state index is 12.2. The lowest BCUT2D eigenvalue weighted by molar-refractivity contribution is -0.138. The summed E-state index contributed by atoms with van der Waals surface area (Å²) in [7, 11) is 0. The normalized spacial score (nSPS) is 18.6. The predicted octanol–water partition coefficient (Wildman–Crippen LogP) is 2.94. The third-order valence-electron chi connectivity index (χ3n) is 2.99. The molecule has 0 amide bonds. The van der Waals surface area contributed by atoms with Crippen molar-refractivity contribution in [2.24, 2.45) is 0 Å². The largest absolute Gasteiger partial charge is 0.463 e. The molecule has 1 N–H and O–H groups in total. The molecule has 0 fully saturated rings. The zero-order chi connectivity index (χ0) is 14.7. The van der Waals surface area contributed by atoms with Crippen molar-refractivity contribution in [3.05, 3.63) is 44.3 Å². The Morgan fingerprint density at radius 1 is 1.65 bits per heavy atom. The van der Waals surface area contributed by atoms with Crippen molar-refractivity contribution in [2.75, 3.05) is 6.61 Å². The highest BCUT2D eigenvalue weighted by molar-refractivity contribution is 7.84. The fourth-order valence-corrected chi connectivity index (χ4v) is 3.34. The molecule has 1 aliphatic rings. The lowest BCUT2D eigenvalue weighted by Gasteiger charge is -2.26. The van der Waals surface area contributed by atoms with Crippen LogP contribution in [-0.4, -0.2) is 12.6 Å². The molecule has 1 atom stereocenters. The van der Waals surface area contributed by atoms with E-state index in [1.807, 2.05) is 17.5 Å². The molecule has 1 aromatic rings. The van der Waals surface area contributed by atoms with E-state index < -0.39 is 11.9 Å². The zero-order valence-corrected chi connectivity index (χ0v) is 12.8. The first kappa shape index (κ1) is 14.7. The van der Waals surface area contributed by atoms with Crippen molar-refractivity contribution in [2.45, 2.75) is 19.8 Å². The van der Waals surface area contributed by atoms with Crippen molar-refractivity contribution in [3.8, 4) is 6.07 Å². The summed E-state index contributed by atoms with van der Waals surface area (Å²) in [6.07, 6.45) is 0. The molecule has 0 saturated heterocycles. The number of esters is 1. The Balaban J connectivity index is 2.55. The fraction of sp³-hybridized carbons (Fsp3) is 0.286. The van der Waals surface area contributed by atoms with Crippen LogP contribution in [0, 0.1) is 11.3 Å². The maximum atomic E-state index is 12.2. The minimum absolute atomic E-state index is 0.298. The molecule has 20 heavy (non-hydrogen) atoms. The molecule has 6 heteroatoms. The van der Waals surface area contributed by atoms with Gasteiger partial charge in [0.25, 0.3) is 0 Å². The van der Waals surface area contributed by atoms with Gasteiger partial charge in [-0.2, -0.15) is 5.26 Å². The summed E-state index contributed by atoms with van der Waals surface area (Å²) >= 11 is 5.81. The first-order valence-corrected chi connectivity index (χ1v) is 7.44. The Bertz CT molecular complexity index is 624. The van der Waals surface area contributed by atoms with Crippen LogP contribution in [0.15, 0.2) is 39.4 Å². The number of thiophene rings is 1. The van der Waals surface area contributed by atoms with Crippen molar-refractivity contribution >= 4 is 29.9 Å². The van der Waals surface area contributed by atoms with Gasteiger partial charge in [-0.15, -0.1) is 24.0 Å². The van der Waals surface area contributed by atoms with Crippen molar-refractivity contribution < 1.29 is 9.53 Å². The Morgan fingerprint density at radius 2 is 2.40 bits per heavy atom. The number of ether oxygens (including phenoxy) is 1. The fourth-order valence-electron chi connectivity index (χ4n) is 2.15. The molecule has 2 rings (SSSR count). The SMILES string of the molecule is CCOC(=O)C1=C(C)NC(S)=C(C#N)[C@@H]1c1cccs1. The van der Waals surface area contributed by atoms with E-state index >= 15 is 0 Å². The highest BCUT2D eigenvalue weighted by atomic mass is 32.1. The van der Waals surface area contributed by atoms with Gasteiger partial charge in [-0.3, -0.25) is 0 Å². The lowest BCUT2D eigenvalue weighted by atomic mass is 9.87. The molecule has 0 spiro atoms. The number of carbonyl (C=O) groups is 1. The summed E-state index contributed by atoms with van der Waals surface area (Å²) in [5.41, 5.74) is 1.58. The van der Waals surface area contributed by atoms with Gasteiger partial charge >= 0.3 is 5.97 Å². The van der Waals surface area contributed by atoms with Crippen LogP contribution >= 0.6 is 24.0 Å². The van der Waals surface area contributed by atoms with E-state index in [9.17, 15) is 10.1 Å². The van der Waals surface area contributed by atoms with Crippen LogP contribution in [0.1, 0.15) is 24.6 Å². The Hall–Kier alpha value is -1.71. The van der Waals surface area contributed by atoms with Crippen LogP contribution in [-0.2, 0) is 9.53 Å². The summed E-state index contributed by atoms with van der Waals surface area (Å²) < 4.78 is 5.12. The zero-order valence-electron chi connectivity index (χ0n) is 11.1. The second kappa shape index (κ2) is 6.16. The van der Waals surface area contributed by atoms with Gasteiger partial charge in [0, 0.05) is 10.6 Å². The molecular weight excluding hydrogens is 292 g/mol. The molecule has 1 aromatic heterocycles. The summed E-state index contributed by atoms with van der Waals surface area (Å²) in [6.45, 7) is 3.85. The molecular formula is C14H14N2O2S2. The van der Waals surface area contributed by atoms with Crippen LogP contribution in [0.5, 0.6) is 0 Å². The number of dihydropyridines is 1. The number of thiol groups is 1. The van der Waals surface area contributed by atoms with Crippen molar-refractivity contribution in [1.29, 1.82) is 5.26 Å². The minimum atomic E-state index is -0.409. The van der Waals surface area contributed by atoms with Gasteiger partial charge in [0.05, 0.1) is 34.8 Å². The van der Waals surface area contributed by atoms with E-state index in [-0.39, 0.29) is 0 Å². The average molecular weight is 306 g/mol. The van der Waals surface area contributed by atoms with E-state index in [1.54, 1.807) is 13.8 Å². The van der Waals surface area contributed by atoms with Gasteiger partial charge in [-0.1, -0.05) is 6.07 Å². The molecule has 0 aliphatic carbocycles. The summed E-state index contributed by atoms with van der Waals surface area (Å²) in [5.74, 6) is -0.808. The highest BCUT2D eigenvalue weighted by Gasteiger charge is 2.34. The molecule has 2 heterocycles. The van der Waals surface area contributed by atoms with Crippen molar-refractivity contribution in [3.63, 3.8) is 0 Å². The summed E-state index contributed by atoms with van der Waals surface area (Å²) in [6, 6.07) is 5.95. The Morgan fingerprint density at radius 3 is 2.95 bits per heavy atom. The van der Waals surface area contributed by atoms with Gasteiger partial charge in [0.15, 0.2) is 0 Å². The number of nitrogens with one attached hydrogen (secondary N) is 1. The minimum Gasteiger partial charge on any atom is -0.463 e. The highest BCUT2D eigenvalue weighted by Crippen LogP contribution is 2.40. The lowest BCUT2D eigenvalue weighted by Crippen LogP contribution is -2.27. The van der Waals surface area contributed by atoms with Gasteiger partial charge < -0.3 is 10.1 Å². The number of nitrogens with zero attached hydrogens (tertiary/aromatic N) is 1. The first-order chi connectivity index (χ1) is 9.60. The second-order valence-corrected chi connectivity index (χ2v) is 5.63. The summed E-state index contributed by atoms with van der Waals surface area (Å²) in [4.78, 5) is 13.1. The van der Waals surface area contributed by atoms with Crippen LogP contribution in [0.4, 0.5) is 0 Å². The molecule has 104 valence electrons. The smallest absolute Gasteiger partial charge is 0.336 e. The number of carbonyl (C=O) groups excluding carboxylic acids is 1. The standard InChI is InChI=1S/C14H14N2O2S2/c1-3-18-14(17)11-8(2)16-13(19)9(7-15)12(11)10-5-4-6-20-10/h4-6,12,16,19H,3H2,1-2H3/t12-/m1/s1. The monoisotopic (exact) mass is 306 g/mol. The number of rotatable bonds is 3. The number of allylic oxidation sites excluding steroid dienone is 2. The molecule has 4 nitrogen and oxygen atoms in total. The van der Waals surface area contributed by atoms with Crippen LogP contribution in [0.25, 0.3) is 0 Å². The topological polar surface area (TPSA) is 62.1 Å². The van der Waals surface area contributed by atoms with E-state index in [0.717, 1.165) is 4.88 Å².